The Labute approximate surface area is 176 Å². The number of carbonyl (C=O) groups excluding carboxylic acids is 2. The lowest BCUT2D eigenvalue weighted by Crippen LogP contribution is -2.47. The number of fused-ring (bicyclic) bond motifs is 1. The standard InChI is InChI=1S/C24H26N2O2S/c1-16(2)23(24(28)25-20-9-6-10-21(15-20)29-3)26-22(27)14-17-11-12-18-7-4-5-8-19(18)13-17/h4-13,15-16,23H,14H2,1-3H3,(H,25,28)(H,26,27). The van der Waals surface area contributed by atoms with Crippen molar-refractivity contribution in [1.82, 2.24) is 5.32 Å². The molecule has 0 aliphatic heterocycles. The molecule has 0 aliphatic rings. The van der Waals surface area contributed by atoms with Gasteiger partial charge in [-0.2, -0.15) is 0 Å². The quantitative estimate of drug-likeness (QED) is 0.550. The van der Waals surface area contributed by atoms with Crippen LogP contribution < -0.4 is 10.6 Å². The fourth-order valence-electron chi connectivity index (χ4n) is 3.21. The van der Waals surface area contributed by atoms with Crippen molar-refractivity contribution in [3.63, 3.8) is 0 Å². The zero-order chi connectivity index (χ0) is 20.8. The van der Waals surface area contributed by atoms with Crippen LogP contribution in [0.4, 0.5) is 5.69 Å². The van der Waals surface area contributed by atoms with Crippen LogP contribution in [0.15, 0.2) is 71.6 Å². The summed E-state index contributed by atoms with van der Waals surface area (Å²) < 4.78 is 0. The lowest BCUT2D eigenvalue weighted by atomic mass is 10.0. The molecule has 0 heterocycles. The topological polar surface area (TPSA) is 58.2 Å². The Morgan fingerprint density at radius 1 is 0.931 bits per heavy atom. The predicted molar refractivity (Wildman–Crippen MR) is 121 cm³/mol. The number of hydrogen-bond acceptors (Lipinski definition) is 3. The minimum atomic E-state index is -0.596. The molecule has 5 heteroatoms. The number of anilines is 1. The number of thioether (sulfide) groups is 1. The second-order valence-electron chi connectivity index (χ2n) is 7.37. The normalized spacial score (nSPS) is 12.0. The maximum atomic E-state index is 12.8. The number of hydrogen-bond donors (Lipinski definition) is 2. The number of amides is 2. The van der Waals surface area contributed by atoms with Crippen molar-refractivity contribution in [3.05, 3.63) is 72.3 Å². The largest absolute Gasteiger partial charge is 0.344 e. The molecule has 0 aromatic heterocycles. The lowest BCUT2D eigenvalue weighted by molar-refractivity contribution is -0.127. The highest BCUT2D eigenvalue weighted by Gasteiger charge is 2.24. The van der Waals surface area contributed by atoms with Crippen molar-refractivity contribution >= 4 is 40.0 Å². The molecule has 3 aromatic carbocycles. The highest BCUT2D eigenvalue weighted by Crippen LogP contribution is 2.20. The molecule has 4 nitrogen and oxygen atoms in total. The maximum absolute atomic E-state index is 12.8. The van der Waals surface area contributed by atoms with Gasteiger partial charge in [-0.15, -0.1) is 11.8 Å². The third-order valence-corrected chi connectivity index (χ3v) is 5.51. The van der Waals surface area contributed by atoms with E-state index in [1.165, 1.54) is 0 Å². The zero-order valence-electron chi connectivity index (χ0n) is 16.9. The fraction of sp³-hybridized carbons (Fsp3) is 0.250. The summed E-state index contributed by atoms with van der Waals surface area (Å²) >= 11 is 1.62. The SMILES string of the molecule is CSc1cccc(NC(=O)C(NC(=O)Cc2ccc3ccccc3c2)C(C)C)c1. The van der Waals surface area contributed by atoms with Crippen LogP contribution in [0.5, 0.6) is 0 Å². The molecule has 1 unspecified atom stereocenters. The van der Waals surface area contributed by atoms with Gasteiger partial charge in [-0.1, -0.05) is 62.4 Å². The Hall–Kier alpha value is -2.79. The van der Waals surface area contributed by atoms with Crippen molar-refractivity contribution < 1.29 is 9.59 Å². The van der Waals surface area contributed by atoms with Crippen LogP contribution in [-0.2, 0) is 16.0 Å². The summed E-state index contributed by atoms with van der Waals surface area (Å²) in [4.78, 5) is 26.5. The second kappa shape index (κ2) is 9.61. The van der Waals surface area contributed by atoms with Gasteiger partial charge in [-0.05, 0) is 46.7 Å². The summed E-state index contributed by atoms with van der Waals surface area (Å²) in [6, 6.07) is 21.1. The first-order valence-electron chi connectivity index (χ1n) is 9.68. The van der Waals surface area contributed by atoms with Gasteiger partial charge in [-0.25, -0.2) is 0 Å². The molecule has 150 valence electrons. The van der Waals surface area contributed by atoms with Crippen LogP contribution in [0.25, 0.3) is 10.8 Å². The molecule has 3 rings (SSSR count). The summed E-state index contributed by atoms with van der Waals surface area (Å²) in [7, 11) is 0. The van der Waals surface area contributed by atoms with Gasteiger partial charge in [0.25, 0.3) is 0 Å². The van der Waals surface area contributed by atoms with Gasteiger partial charge in [0.15, 0.2) is 0 Å². The van der Waals surface area contributed by atoms with E-state index in [4.69, 9.17) is 0 Å². The predicted octanol–water partition coefficient (Wildman–Crippen LogP) is 4.88. The van der Waals surface area contributed by atoms with Gasteiger partial charge in [0.1, 0.15) is 6.04 Å². The summed E-state index contributed by atoms with van der Waals surface area (Å²) in [5.41, 5.74) is 1.66. The first-order chi connectivity index (χ1) is 14.0. The Kier molecular flexibility index (Phi) is 6.94. The Bertz CT molecular complexity index is 1020. The van der Waals surface area contributed by atoms with Gasteiger partial charge >= 0.3 is 0 Å². The average Bonchev–Trinajstić information content (AvgIpc) is 2.71. The average molecular weight is 407 g/mol. The monoisotopic (exact) mass is 406 g/mol. The molecule has 0 saturated carbocycles. The van der Waals surface area contributed by atoms with E-state index in [0.717, 1.165) is 26.9 Å². The molecule has 0 radical (unpaired) electrons. The van der Waals surface area contributed by atoms with Crippen molar-refractivity contribution in [2.75, 3.05) is 11.6 Å². The fourth-order valence-corrected chi connectivity index (χ4v) is 3.67. The number of carbonyl (C=O) groups is 2. The van der Waals surface area contributed by atoms with Gasteiger partial charge in [-0.3, -0.25) is 9.59 Å². The van der Waals surface area contributed by atoms with E-state index in [9.17, 15) is 9.59 Å². The molecule has 3 aromatic rings. The molecule has 2 amide bonds. The van der Waals surface area contributed by atoms with Crippen LogP contribution in [0, 0.1) is 5.92 Å². The summed E-state index contributed by atoms with van der Waals surface area (Å²) in [5, 5.41) is 8.07. The zero-order valence-corrected chi connectivity index (χ0v) is 17.8. The second-order valence-corrected chi connectivity index (χ2v) is 8.25. The van der Waals surface area contributed by atoms with Gasteiger partial charge in [0.2, 0.25) is 11.8 Å². The van der Waals surface area contributed by atoms with E-state index in [-0.39, 0.29) is 24.2 Å². The van der Waals surface area contributed by atoms with E-state index in [2.05, 4.69) is 10.6 Å². The smallest absolute Gasteiger partial charge is 0.247 e. The molecule has 1 atom stereocenters. The first-order valence-corrected chi connectivity index (χ1v) is 10.9. The molecule has 2 N–H and O–H groups in total. The summed E-state index contributed by atoms with van der Waals surface area (Å²) in [6.07, 6.45) is 2.23. The van der Waals surface area contributed by atoms with Gasteiger partial charge in [0, 0.05) is 10.6 Å². The number of rotatable bonds is 7. The highest BCUT2D eigenvalue weighted by molar-refractivity contribution is 7.98. The van der Waals surface area contributed by atoms with Crippen LogP contribution in [-0.4, -0.2) is 24.1 Å². The Balaban J connectivity index is 1.66. The minimum absolute atomic E-state index is 0.0284. The van der Waals surface area contributed by atoms with Crippen molar-refractivity contribution in [1.29, 1.82) is 0 Å². The molecule has 29 heavy (non-hydrogen) atoms. The van der Waals surface area contributed by atoms with Crippen molar-refractivity contribution in [2.45, 2.75) is 31.2 Å². The Morgan fingerprint density at radius 2 is 1.69 bits per heavy atom. The molecular weight excluding hydrogens is 380 g/mol. The van der Waals surface area contributed by atoms with Crippen LogP contribution >= 0.6 is 11.8 Å². The number of nitrogens with one attached hydrogen (secondary N) is 2. The third-order valence-electron chi connectivity index (χ3n) is 4.78. The van der Waals surface area contributed by atoms with Gasteiger partial charge < -0.3 is 10.6 Å². The molecular formula is C24H26N2O2S. The van der Waals surface area contributed by atoms with Crippen molar-refractivity contribution in [3.8, 4) is 0 Å². The first kappa shape index (κ1) is 20.9. The summed E-state index contributed by atoms with van der Waals surface area (Å²) in [6.45, 7) is 3.86. The summed E-state index contributed by atoms with van der Waals surface area (Å²) in [5.74, 6) is -0.392. The highest BCUT2D eigenvalue weighted by atomic mass is 32.2. The van der Waals surface area contributed by atoms with E-state index < -0.39 is 6.04 Å². The number of benzene rings is 3. The van der Waals surface area contributed by atoms with E-state index in [0.29, 0.717) is 0 Å². The molecule has 0 bridgehead atoms. The Morgan fingerprint density at radius 3 is 2.41 bits per heavy atom. The maximum Gasteiger partial charge on any atom is 0.247 e. The minimum Gasteiger partial charge on any atom is -0.344 e. The van der Waals surface area contributed by atoms with Gasteiger partial charge in [0.05, 0.1) is 6.42 Å². The van der Waals surface area contributed by atoms with Crippen LogP contribution in [0.1, 0.15) is 19.4 Å². The van der Waals surface area contributed by atoms with E-state index in [1.807, 2.05) is 86.8 Å². The molecule has 0 fully saturated rings. The van der Waals surface area contributed by atoms with Crippen LogP contribution in [0.2, 0.25) is 0 Å². The molecule has 0 saturated heterocycles. The third kappa shape index (κ3) is 5.61. The van der Waals surface area contributed by atoms with E-state index in [1.54, 1.807) is 11.8 Å². The van der Waals surface area contributed by atoms with Crippen molar-refractivity contribution in [2.24, 2.45) is 5.92 Å². The lowest BCUT2D eigenvalue weighted by Gasteiger charge is -2.22. The van der Waals surface area contributed by atoms with Crippen LogP contribution in [0.3, 0.4) is 0 Å². The van der Waals surface area contributed by atoms with E-state index >= 15 is 0 Å². The molecule has 0 aliphatic carbocycles. The molecule has 0 spiro atoms.